The average molecular weight is 479 g/mol. The van der Waals surface area contributed by atoms with Crippen LogP contribution >= 0.6 is 0 Å². The number of amides is 1. The predicted octanol–water partition coefficient (Wildman–Crippen LogP) is 4.32. The normalized spacial score (nSPS) is 19.4. The van der Waals surface area contributed by atoms with Gasteiger partial charge in [-0.15, -0.1) is 6.42 Å². The summed E-state index contributed by atoms with van der Waals surface area (Å²) in [4.78, 5) is 12.5. The standard InChI is InChI=1S/C30H30N4O2/c1-3-5-24(36-2)6-4-14-32-30(35)27-18-26(27)22-10-11-25-28(33-34-29(25)17-22)12-8-20-7-9-21-13-15-31-19-23(21)16-20/h1,4-12,16-17,26-27,31H,13-15,18-19H2,2H3,(H,32,35)(H,33,34)/b6-4-,12-8+,24-5+/t26-,27+/m0/s1. The minimum absolute atomic E-state index is 0.000201. The molecule has 1 amide bonds. The van der Waals surface area contributed by atoms with Gasteiger partial charge in [-0.05, 0) is 65.8 Å². The molecule has 1 aromatic heterocycles. The molecule has 3 N–H and O–H groups in total. The number of aromatic amines is 1. The van der Waals surface area contributed by atoms with E-state index in [2.05, 4.69) is 75.3 Å². The molecule has 2 heterocycles. The first-order chi connectivity index (χ1) is 17.7. The van der Waals surface area contributed by atoms with Crippen LogP contribution in [0.1, 0.15) is 40.3 Å². The third-order valence-corrected chi connectivity index (χ3v) is 6.86. The summed E-state index contributed by atoms with van der Waals surface area (Å²) in [6, 6.07) is 13.0. The molecule has 1 aliphatic carbocycles. The molecule has 182 valence electrons. The van der Waals surface area contributed by atoms with Crippen molar-refractivity contribution < 1.29 is 9.53 Å². The number of ether oxygens (including phenoxy) is 1. The second-order valence-corrected chi connectivity index (χ2v) is 9.22. The van der Waals surface area contributed by atoms with Crippen LogP contribution in [-0.2, 0) is 22.5 Å². The third-order valence-electron chi connectivity index (χ3n) is 6.86. The van der Waals surface area contributed by atoms with E-state index in [1.54, 1.807) is 13.2 Å². The van der Waals surface area contributed by atoms with Gasteiger partial charge in [0.25, 0.3) is 0 Å². The van der Waals surface area contributed by atoms with Crippen LogP contribution in [0.3, 0.4) is 0 Å². The Kier molecular flexibility index (Phi) is 7.01. The van der Waals surface area contributed by atoms with Crippen LogP contribution in [-0.4, -0.2) is 36.3 Å². The molecule has 36 heavy (non-hydrogen) atoms. The summed E-state index contributed by atoms with van der Waals surface area (Å²) in [5, 5.41) is 15.2. The molecule has 5 rings (SSSR count). The SMILES string of the molecule is C#C/C=C(\C=C/CNC(=O)[C@@H]1C[C@H]1c1ccc2c(/C=C/c3ccc4c(c3)CNCC4)n[nH]c2c1)OC. The molecule has 0 bridgehead atoms. The Morgan fingerprint density at radius 1 is 1.25 bits per heavy atom. The fraction of sp³-hybridized carbons (Fsp3) is 0.267. The van der Waals surface area contributed by atoms with E-state index in [0.29, 0.717) is 12.3 Å². The number of nitrogens with zero attached hydrogens (tertiary/aromatic N) is 1. The Labute approximate surface area is 211 Å². The molecule has 6 nitrogen and oxygen atoms in total. The summed E-state index contributed by atoms with van der Waals surface area (Å²) in [5.74, 6) is 3.31. The molecule has 3 aromatic rings. The highest BCUT2D eigenvalue weighted by molar-refractivity contribution is 5.90. The molecule has 0 radical (unpaired) electrons. The quantitative estimate of drug-likeness (QED) is 0.256. The number of nitrogens with one attached hydrogen (secondary N) is 3. The molecular formula is C30H30N4O2. The van der Waals surface area contributed by atoms with Gasteiger partial charge >= 0.3 is 0 Å². The van der Waals surface area contributed by atoms with E-state index in [-0.39, 0.29) is 17.7 Å². The maximum atomic E-state index is 12.5. The highest BCUT2D eigenvalue weighted by Gasteiger charge is 2.43. The largest absolute Gasteiger partial charge is 0.496 e. The Balaban J connectivity index is 1.20. The second kappa shape index (κ2) is 10.7. The Morgan fingerprint density at radius 3 is 3.03 bits per heavy atom. The van der Waals surface area contributed by atoms with Crippen LogP contribution in [0.4, 0.5) is 0 Å². The van der Waals surface area contributed by atoms with Gasteiger partial charge in [-0.25, -0.2) is 0 Å². The Morgan fingerprint density at radius 2 is 2.17 bits per heavy atom. The highest BCUT2D eigenvalue weighted by Crippen LogP contribution is 2.48. The van der Waals surface area contributed by atoms with E-state index in [0.717, 1.165) is 48.1 Å². The zero-order valence-electron chi connectivity index (χ0n) is 20.4. The van der Waals surface area contributed by atoms with Gasteiger partial charge < -0.3 is 15.4 Å². The lowest BCUT2D eigenvalue weighted by molar-refractivity contribution is -0.122. The monoisotopic (exact) mass is 478 g/mol. The van der Waals surface area contributed by atoms with Gasteiger partial charge in [0.15, 0.2) is 0 Å². The number of benzene rings is 2. The Hall–Kier alpha value is -4.08. The summed E-state index contributed by atoms with van der Waals surface area (Å²) in [6.45, 7) is 2.41. The summed E-state index contributed by atoms with van der Waals surface area (Å²) in [7, 11) is 1.56. The van der Waals surface area contributed by atoms with E-state index in [9.17, 15) is 4.79 Å². The number of rotatable bonds is 8. The summed E-state index contributed by atoms with van der Waals surface area (Å²) in [5.41, 5.74) is 7.06. The fourth-order valence-corrected chi connectivity index (χ4v) is 4.77. The van der Waals surface area contributed by atoms with Crippen molar-refractivity contribution in [3.8, 4) is 12.3 Å². The van der Waals surface area contributed by atoms with Crippen molar-refractivity contribution in [2.45, 2.75) is 25.3 Å². The number of carbonyl (C=O) groups excluding carboxylic acids is 1. The smallest absolute Gasteiger partial charge is 0.223 e. The molecule has 6 heteroatoms. The van der Waals surface area contributed by atoms with Crippen molar-refractivity contribution in [1.82, 2.24) is 20.8 Å². The number of terminal acetylenes is 1. The van der Waals surface area contributed by atoms with E-state index in [1.807, 2.05) is 6.08 Å². The number of allylic oxidation sites excluding steroid dienone is 2. The molecule has 2 aliphatic rings. The van der Waals surface area contributed by atoms with Crippen molar-refractivity contribution >= 4 is 29.0 Å². The third kappa shape index (κ3) is 5.27. The van der Waals surface area contributed by atoms with E-state index < -0.39 is 0 Å². The molecule has 1 saturated carbocycles. The van der Waals surface area contributed by atoms with Crippen molar-refractivity contribution in [3.63, 3.8) is 0 Å². The van der Waals surface area contributed by atoms with Crippen LogP contribution in [0.5, 0.6) is 0 Å². The first kappa shape index (κ1) is 23.7. The number of hydrogen-bond acceptors (Lipinski definition) is 4. The number of H-pyrrole nitrogens is 1. The molecule has 0 saturated heterocycles. The molecule has 2 atom stereocenters. The lowest BCUT2D eigenvalue weighted by atomic mass is 9.98. The number of aromatic nitrogens is 2. The summed E-state index contributed by atoms with van der Waals surface area (Å²) < 4.78 is 5.13. The van der Waals surface area contributed by atoms with Gasteiger partial charge in [0.05, 0.1) is 18.3 Å². The topological polar surface area (TPSA) is 79.0 Å². The number of carbonyl (C=O) groups is 1. The van der Waals surface area contributed by atoms with E-state index in [4.69, 9.17) is 11.2 Å². The average Bonchev–Trinajstić information content (AvgIpc) is 3.62. The molecule has 2 aromatic carbocycles. The second-order valence-electron chi connectivity index (χ2n) is 9.22. The van der Waals surface area contributed by atoms with Crippen LogP contribution in [0.25, 0.3) is 23.1 Å². The minimum Gasteiger partial charge on any atom is -0.496 e. The first-order valence-corrected chi connectivity index (χ1v) is 12.3. The lowest BCUT2D eigenvalue weighted by Gasteiger charge is -2.17. The Bertz CT molecular complexity index is 1410. The maximum Gasteiger partial charge on any atom is 0.223 e. The van der Waals surface area contributed by atoms with Crippen LogP contribution < -0.4 is 10.6 Å². The van der Waals surface area contributed by atoms with Crippen molar-refractivity contribution in [2.24, 2.45) is 5.92 Å². The number of hydrogen-bond donors (Lipinski definition) is 3. The predicted molar refractivity (Wildman–Crippen MR) is 144 cm³/mol. The molecule has 1 fully saturated rings. The van der Waals surface area contributed by atoms with Crippen LogP contribution in [0, 0.1) is 18.3 Å². The first-order valence-electron chi connectivity index (χ1n) is 12.3. The van der Waals surface area contributed by atoms with E-state index in [1.165, 1.54) is 22.8 Å². The lowest BCUT2D eigenvalue weighted by Crippen LogP contribution is -2.25. The van der Waals surface area contributed by atoms with Gasteiger partial charge in [0.1, 0.15) is 5.76 Å². The van der Waals surface area contributed by atoms with Gasteiger partial charge in [0.2, 0.25) is 5.91 Å². The van der Waals surface area contributed by atoms with Crippen LogP contribution in [0.15, 0.2) is 60.4 Å². The zero-order valence-corrected chi connectivity index (χ0v) is 20.4. The summed E-state index contributed by atoms with van der Waals surface area (Å²) in [6.07, 6.45) is 16.5. The van der Waals surface area contributed by atoms with Crippen LogP contribution in [0.2, 0.25) is 0 Å². The highest BCUT2D eigenvalue weighted by atomic mass is 16.5. The van der Waals surface area contributed by atoms with Gasteiger partial charge in [-0.2, -0.15) is 5.10 Å². The number of fused-ring (bicyclic) bond motifs is 2. The molecular weight excluding hydrogens is 448 g/mol. The number of methoxy groups -OCH3 is 1. The molecule has 0 spiro atoms. The van der Waals surface area contributed by atoms with Gasteiger partial charge in [-0.3, -0.25) is 9.89 Å². The van der Waals surface area contributed by atoms with Gasteiger partial charge in [-0.1, -0.05) is 48.4 Å². The van der Waals surface area contributed by atoms with E-state index >= 15 is 0 Å². The van der Waals surface area contributed by atoms with Crippen molar-refractivity contribution in [1.29, 1.82) is 0 Å². The zero-order chi connectivity index (χ0) is 24.9. The fourth-order valence-electron chi connectivity index (χ4n) is 4.77. The molecule has 0 unspecified atom stereocenters. The molecule has 1 aliphatic heterocycles. The van der Waals surface area contributed by atoms with Crippen molar-refractivity contribution in [3.05, 3.63) is 88.3 Å². The maximum absolute atomic E-state index is 12.5. The summed E-state index contributed by atoms with van der Waals surface area (Å²) >= 11 is 0. The van der Waals surface area contributed by atoms with Gasteiger partial charge in [0, 0.05) is 30.5 Å². The minimum atomic E-state index is -0.000201. The van der Waals surface area contributed by atoms with Crippen molar-refractivity contribution in [2.75, 3.05) is 20.2 Å².